The van der Waals surface area contributed by atoms with Gasteiger partial charge in [0.2, 0.25) is 0 Å². The summed E-state index contributed by atoms with van der Waals surface area (Å²) < 4.78 is 6.49. The highest BCUT2D eigenvalue weighted by Gasteiger charge is 2.30. The van der Waals surface area contributed by atoms with Gasteiger partial charge >= 0.3 is 0 Å². The van der Waals surface area contributed by atoms with Crippen molar-refractivity contribution < 1.29 is 4.40 Å². The fourth-order valence-corrected chi connectivity index (χ4v) is 2.97. The monoisotopic (exact) mass is 248 g/mol. The van der Waals surface area contributed by atoms with Gasteiger partial charge in [0.05, 0.1) is 6.54 Å². The number of aromatic nitrogens is 5. The highest BCUT2D eigenvalue weighted by molar-refractivity contribution is 5.76. The molecular weight excluding hydrogens is 238 g/mol. The lowest BCUT2D eigenvalue weighted by molar-refractivity contribution is -0.509. The van der Waals surface area contributed by atoms with Gasteiger partial charge < -0.3 is 0 Å². The first-order chi connectivity index (χ1) is 9.42. The van der Waals surface area contributed by atoms with Gasteiger partial charge in [-0.05, 0) is 12.1 Å². The maximum Gasteiger partial charge on any atom is 0.281 e. The van der Waals surface area contributed by atoms with E-state index in [0.29, 0.717) is 0 Å². The molecule has 5 rings (SSSR count). The minimum absolute atomic E-state index is 0.891. The molecule has 0 aliphatic carbocycles. The quantitative estimate of drug-likeness (QED) is 0.387. The second-order valence-corrected chi connectivity index (χ2v) is 4.84. The minimum atomic E-state index is 0.891. The third-order valence-corrected chi connectivity index (χ3v) is 3.75. The fourth-order valence-electron chi connectivity index (χ4n) is 2.97. The van der Waals surface area contributed by atoms with E-state index in [0.717, 1.165) is 23.4 Å². The number of hydrogen-bond donors (Lipinski definition) is 0. The average molecular weight is 248 g/mol. The number of fused-ring (bicyclic) bond motifs is 7. The Labute approximate surface area is 108 Å². The van der Waals surface area contributed by atoms with E-state index < -0.39 is 0 Å². The van der Waals surface area contributed by atoms with Crippen LogP contribution >= 0.6 is 0 Å². The molecule has 0 N–H and O–H groups in total. The van der Waals surface area contributed by atoms with Crippen molar-refractivity contribution in [3.8, 4) is 11.4 Å². The third-order valence-electron chi connectivity index (χ3n) is 3.75. The van der Waals surface area contributed by atoms with Crippen LogP contribution in [0.25, 0.3) is 22.6 Å². The SMILES string of the molecule is c1cnc2c(c1)Cn1c[n+]3cc4ccncn4c3c1-2. The smallest absolute Gasteiger partial charge is 0.254 e. The molecule has 0 bridgehead atoms. The first kappa shape index (κ1) is 9.27. The largest absolute Gasteiger partial charge is 0.281 e. The van der Waals surface area contributed by atoms with Crippen molar-refractivity contribution in [3.63, 3.8) is 0 Å². The van der Waals surface area contributed by atoms with Crippen molar-refractivity contribution in [2.45, 2.75) is 6.54 Å². The number of rotatable bonds is 0. The van der Waals surface area contributed by atoms with E-state index in [1.54, 1.807) is 0 Å². The fraction of sp³-hybridized carbons (Fsp3) is 0.0714. The molecule has 4 aromatic rings. The molecule has 5 heterocycles. The average Bonchev–Trinajstić information content (AvgIpc) is 3.04. The van der Waals surface area contributed by atoms with Gasteiger partial charge in [0, 0.05) is 18.0 Å². The Balaban J connectivity index is 2.00. The van der Waals surface area contributed by atoms with Gasteiger partial charge in [0.15, 0.2) is 18.3 Å². The van der Waals surface area contributed by atoms with E-state index in [9.17, 15) is 0 Å². The van der Waals surface area contributed by atoms with E-state index in [4.69, 9.17) is 0 Å². The van der Waals surface area contributed by atoms with Gasteiger partial charge in [-0.2, -0.15) is 0 Å². The van der Waals surface area contributed by atoms with E-state index in [-0.39, 0.29) is 0 Å². The number of imidazole rings is 2. The van der Waals surface area contributed by atoms with Gasteiger partial charge in [-0.25, -0.2) is 13.8 Å². The summed E-state index contributed by atoms with van der Waals surface area (Å²) in [6, 6.07) is 6.14. The Hall–Kier alpha value is -2.69. The predicted octanol–water partition coefficient (Wildman–Crippen LogP) is 1.30. The molecule has 5 nitrogen and oxygen atoms in total. The summed E-state index contributed by atoms with van der Waals surface area (Å²) >= 11 is 0. The van der Waals surface area contributed by atoms with Crippen LogP contribution in [-0.2, 0) is 6.54 Å². The van der Waals surface area contributed by atoms with Crippen LogP contribution in [0.2, 0.25) is 0 Å². The minimum Gasteiger partial charge on any atom is -0.254 e. The Morgan fingerprint density at radius 3 is 3.21 bits per heavy atom. The zero-order valence-electron chi connectivity index (χ0n) is 10.1. The molecule has 90 valence electrons. The van der Waals surface area contributed by atoms with Gasteiger partial charge in [-0.1, -0.05) is 6.07 Å². The van der Waals surface area contributed by atoms with Crippen molar-refractivity contribution >= 4 is 11.2 Å². The number of hydrogen-bond acceptors (Lipinski definition) is 2. The van der Waals surface area contributed by atoms with Crippen LogP contribution in [0.4, 0.5) is 0 Å². The van der Waals surface area contributed by atoms with Crippen LogP contribution in [0.15, 0.2) is 49.4 Å². The van der Waals surface area contributed by atoms with Gasteiger partial charge in [-0.3, -0.25) is 9.55 Å². The van der Waals surface area contributed by atoms with Crippen molar-refractivity contribution in [1.82, 2.24) is 18.9 Å². The zero-order chi connectivity index (χ0) is 12.4. The molecule has 0 amide bonds. The summed E-state index contributed by atoms with van der Waals surface area (Å²) in [5.41, 5.74) is 5.79. The molecule has 0 saturated heterocycles. The lowest BCUT2D eigenvalue weighted by Crippen LogP contribution is -2.15. The standard InChI is InChI=1S/C14H10N5/c1-2-10-6-17-9-18-7-11-3-5-15-8-19(11)14(18)13(17)12(10)16-4-1/h1-5,7-9H,6H2/q+1. The van der Waals surface area contributed by atoms with E-state index >= 15 is 0 Å². The van der Waals surface area contributed by atoms with Crippen LogP contribution in [0.5, 0.6) is 0 Å². The summed E-state index contributed by atoms with van der Waals surface area (Å²) in [4.78, 5) is 8.76. The molecule has 19 heavy (non-hydrogen) atoms. The van der Waals surface area contributed by atoms with E-state index in [1.165, 1.54) is 11.3 Å². The van der Waals surface area contributed by atoms with Crippen molar-refractivity contribution in [1.29, 1.82) is 0 Å². The lowest BCUT2D eigenvalue weighted by atomic mass is 10.2. The first-order valence-electron chi connectivity index (χ1n) is 6.21. The first-order valence-corrected chi connectivity index (χ1v) is 6.21. The molecule has 0 aromatic carbocycles. The Kier molecular flexibility index (Phi) is 1.46. The van der Waals surface area contributed by atoms with Crippen LogP contribution in [0.1, 0.15) is 5.56 Å². The van der Waals surface area contributed by atoms with E-state index in [2.05, 4.69) is 41.9 Å². The molecule has 1 aliphatic rings. The van der Waals surface area contributed by atoms with Crippen LogP contribution < -0.4 is 4.40 Å². The molecule has 5 heteroatoms. The summed E-state index contributed by atoms with van der Waals surface area (Å²) in [5.74, 6) is 0. The van der Waals surface area contributed by atoms with Crippen LogP contribution in [-0.4, -0.2) is 18.9 Å². The van der Waals surface area contributed by atoms with Crippen molar-refractivity contribution in [2.75, 3.05) is 0 Å². The molecule has 0 spiro atoms. The predicted molar refractivity (Wildman–Crippen MR) is 68.7 cm³/mol. The van der Waals surface area contributed by atoms with Crippen molar-refractivity contribution in [2.24, 2.45) is 0 Å². The topological polar surface area (TPSA) is 39.2 Å². The maximum absolute atomic E-state index is 4.54. The van der Waals surface area contributed by atoms with Crippen LogP contribution in [0.3, 0.4) is 0 Å². The van der Waals surface area contributed by atoms with Gasteiger partial charge in [0.25, 0.3) is 5.65 Å². The second kappa shape index (κ2) is 3.00. The summed E-state index contributed by atoms with van der Waals surface area (Å²) in [6.07, 6.45) is 9.76. The number of pyridine rings is 1. The van der Waals surface area contributed by atoms with Crippen molar-refractivity contribution in [3.05, 3.63) is 55.0 Å². The number of nitrogens with zero attached hydrogens (tertiary/aromatic N) is 5. The highest BCUT2D eigenvalue weighted by Crippen LogP contribution is 2.32. The Morgan fingerprint density at radius 1 is 1.21 bits per heavy atom. The molecule has 4 aromatic heterocycles. The summed E-state index contributed by atoms with van der Waals surface area (Å²) in [7, 11) is 0. The molecule has 0 saturated carbocycles. The lowest BCUT2D eigenvalue weighted by Gasteiger charge is -1.93. The summed E-state index contributed by atoms with van der Waals surface area (Å²) in [6.45, 7) is 0.891. The molecule has 0 fully saturated rings. The molecule has 0 radical (unpaired) electrons. The van der Waals surface area contributed by atoms with Crippen LogP contribution in [0, 0.1) is 0 Å². The second-order valence-electron chi connectivity index (χ2n) is 4.84. The normalized spacial score (nSPS) is 13.1. The molecule has 0 atom stereocenters. The maximum atomic E-state index is 4.54. The van der Waals surface area contributed by atoms with Gasteiger partial charge in [-0.15, -0.1) is 0 Å². The molecule has 0 unspecified atom stereocenters. The molecule has 1 aliphatic heterocycles. The zero-order valence-corrected chi connectivity index (χ0v) is 10.1. The van der Waals surface area contributed by atoms with E-state index in [1.807, 2.05) is 30.9 Å². The van der Waals surface area contributed by atoms with Gasteiger partial charge in [0.1, 0.15) is 17.4 Å². The third kappa shape index (κ3) is 1.03. The summed E-state index contributed by atoms with van der Waals surface area (Å²) in [5, 5.41) is 0. The molecular formula is C14H10N5+. The highest BCUT2D eigenvalue weighted by atomic mass is 15.2. The Bertz CT molecular complexity index is 947. The Morgan fingerprint density at radius 2 is 2.21 bits per heavy atom.